The summed E-state index contributed by atoms with van der Waals surface area (Å²) in [4.78, 5) is 14.7. The number of allylic oxidation sites excluding steroid dienone is 6. The van der Waals surface area contributed by atoms with E-state index in [-0.39, 0.29) is 12.0 Å². The second-order valence-electron chi connectivity index (χ2n) is 11.8. The normalized spacial score (nSPS) is 17.7. The van der Waals surface area contributed by atoms with Gasteiger partial charge in [0.05, 0.1) is 23.3 Å². The molecule has 4 heteroatoms. The first-order valence-electron chi connectivity index (χ1n) is 14.6. The fourth-order valence-corrected chi connectivity index (χ4v) is 6.30. The first kappa shape index (κ1) is 26.9. The summed E-state index contributed by atoms with van der Waals surface area (Å²) in [6.45, 7) is 13.9. The number of aromatic nitrogens is 3. The lowest BCUT2D eigenvalue weighted by Gasteiger charge is -2.21. The Morgan fingerprint density at radius 2 is 1.85 bits per heavy atom. The van der Waals surface area contributed by atoms with Crippen molar-refractivity contribution in [2.45, 2.75) is 52.5 Å². The zero-order valence-electron chi connectivity index (χ0n) is 24.5. The molecule has 2 atom stereocenters. The molecule has 0 amide bonds. The van der Waals surface area contributed by atoms with Crippen LogP contribution in [0.5, 0.6) is 0 Å². The second kappa shape index (κ2) is 11.3. The Labute approximate surface area is 243 Å². The third-order valence-electron chi connectivity index (χ3n) is 8.25. The van der Waals surface area contributed by atoms with Crippen molar-refractivity contribution >= 4 is 22.3 Å². The van der Waals surface area contributed by atoms with E-state index in [2.05, 4.69) is 112 Å². The Bertz CT molecular complexity index is 1680. The Kier molecular flexibility index (Phi) is 7.40. The lowest BCUT2D eigenvalue weighted by molar-refractivity contribution is 0.647. The van der Waals surface area contributed by atoms with Crippen molar-refractivity contribution in [1.82, 2.24) is 14.5 Å². The monoisotopic (exact) mass is 538 g/mol. The standard InChI is InChI=1S/C37H38N4/c1-24(2)19-25(3)28-14-16-29(17-15-28)32-23-41(37(30-11-7-6-8-12-30)33-13-9-10-18-38-33)34-20-31(22-40-36(32)34)35-26(4)21-39-27(35)5/h6-16,18,20,22-24,29,37H,3,17,19,21H2,1-2,4-5H3/t29?,37-/m0/s1. The molecule has 3 aromatic heterocycles. The average molecular weight is 539 g/mol. The van der Waals surface area contributed by atoms with Gasteiger partial charge in [0.15, 0.2) is 0 Å². The van der Waals surface area contributed by atoms with Gasteiger partial charge in [-0.1, -0.05) is 75.1 Å². The van der Waals surface area contributed by atoms with Gasteiger partial charge in [-0.25, -0.2) is 0 Å². The van der Waals surface area contributed by atoms with E-state index in [0.29, 0.717) is 5.92 Å². The molecule has 0 fully saturated rings. The van der Waals surface area contributed by atoms with Crippen LogP contribution in [-0.4, -0.2) is 26.8 Å². The van der Waals surface area contributed by atoms with Crippen molar-refractivity contribution in [3.63, 3.8) is 0 Å². The van der Waals surface area contributed by atoms with E-state index in [4.69, 9.17) is 15.0 Å². The van der Waals surface area contributed by atoms with Crippen LogP contribution in [0.25, 0.3) is 16.6 Å². The van der Waals surface area contributed by atoms with Crippen molar-refractivity contribution in [3.8, 4) is 0 Å². The quantitative estimate of drug-likeness (QED) is 0.225. The highest BCUT2D eigenvalue weighted by Gasteiger charge is 2.26. The lowest BCUT2D eigenvalue weighted by atomic mass is 9.87. The van der Waals surface area contributed by atoms with Crippen molar-refractivity contribution in [2.75, 3.05) is 6.54 Å². The van der Waals surface area contributed by atoms with Gasteiger partial charge >= 0.3 is 0 Å². The predicted octanol–water partition coefficient (Wildman–Crippen LogP) is 8.89. The summed E-state index contributed by atoms with van der Waals surface area (Å²) in [6.07, 6.45) is 15.1. The minimum Gasteiger partial charge on any atom is -0.333 e. The fourth-order valence-electron chi connectivity index (χ4n) is 6.30. The molecule has 1 unspecified atom stereocenters. The average Bonchev–Trinajstić information content (AvgIpc) is 3.52. The van der Waals surface area contributed by atoms with Crippen LogP contribution in [0.3, 0.4) is 0 Å². The highest BCUT2D eigenvalue weighted by molar-refractivity contribution is 6.25. The molecule has 206 valence electrons. The van der Waals surface area contributed by atoms with Crippen LogP contribution in [0, 0.1) is 5.92 Å². The smallest absolute Gasteiger partial charge is 0.101 e. The molecule has 0 spiro atoms. The number of hydrogen-bond donors (Lipinski definition) is 0. The van der Waals surface area contributed by atoms with Gasteiger partial charge in [0, 0.05) is 46.9 Å². The number of rotatable bonds is 8. The summed E-state index contributed by atoms with van der Waals surface area (Å²) in [5, 5.41) is 0. The molecule has 6 rings (SSSR count). The Morgan fingerprint density at radius 1 is 1.05 bits per heavy atom. The summed E-state index contributed by atoms with van der Waals surface area (Å²) in [6, 6.07) is 19.1. The molecule has 1 aliphatic carbocycles. The third-order valence-corrected chi connectivity index (χ3v) is 8.25. The number of fused-ring (bicyclic) bond motifs is 1. The van der Waals surface area contributed by atoms with E-state index < -0.39 is 0 Å². The molecule has 1 aliphatic heterocycles. The van der Waals surface area contributed by atoms with Crippen LogP contribution in [0.2, 0.25) is 0 Å². The van der Waals surface area contributed by atoms with Gasteiger partial charge in [0.25, 0.3) is 0 Å². The molecule has 4 aromatic rings. The van der Waals surface area contributed by atoms with Gasteiger partial charge in [-0.15, -0.1) is 0 Å². The van der Waals surface area contributed by atoms with Crippen LogP contribution >= 0.6 is 0 Å². The fraction of sp³-hybridized carbons (Fsp3) is 0.270. The van der Waals surface area contributed by atoms with Crippen LogP contribution in [-0.2, 0) is 0 Å². The Morgan fingerprint density at radius 3 is 2.51 bits per heavy atom. The van der Waals surface area contributed by atoms with Gasteiger partial charge in [-0.3, -0.25) is 15.0 Å². The molecule has 0 saturated carbocycles. The van der Waals surface area contributed by atoms with E-state index in [1.54, 1.807) is 0 Å². The lowest BCUT2D eigenvalue weighted by Crippen LogP contribution is -2.13. The molecule has 2 aliphatic rings. The summed E-state index contributed by atoms with van der Waals surface area (Å²) in [5.41, 5.74) is 12.8. The zero-order chi connectivity index (χ0) is 28.5. The molecule has 4 nitrogen and oxygen atoms in total. The summed E-state index contributed by atoms with van der Waals surface area (Å²) >= 11 is 0. The summed E-state index contributed by atoms with van der Waals surface area (Å²) in [5.74, 6) is 0.836. The predicted molar refractivity (Wildman–Crippen MR) is 171 cm³/mol. The largest absolute Gasteiger partial charge is 0.333 e. The molecule has 0 saturated heterocycles. The molecule has 4 heterocycles. The van der Waals surface area contributed by atoms with E-state index >= 15 is 0 Å². The first-order valence-corrected chi connectivity index (χ1v) is 14.6. The van der Waals surface area contributed by atoms with Crippen molar-refractivity contribution in [1.29, 1.82) is 0 Å². The number of benzene rings is 1. The number of pyridine rings is 2. The minimum absolute atomic E-state index is 0.0800. The van der Waals surface area contributed by atoms with Crippen molar-refractivity contribution in [3.05, 3.63) is 137 Å². The maximum atomic E-state index is 5.15. The molecular formula is C37H38N4. The first-order chi connectivity index (χ1) is 19.9. The van der Waals surface area contributed by atoms with Crippen LogP contribution in [0.4, 0.5) is 0 Å². The molecule has 1 aromatic carbocycles. The molecule has 0 bridgehead atoms. The van der Waals surface area contributed by atoms with Gasteiger partial charge < -0.3 is 4.57 Å². The topological polar surface area (TPSA) is 43.1 Å². The van der Waals surface area contributed by atoms with E-state index in [0.717, 1.165) is 47.4 Å². The minimum atomic E-state index is -0.0800. The molecule has 0 N–H and O–H groups in total. The van der Waals surface area contributed by atoms with Gasteiger partial charge in [-0.05, 0) is 73.1 Å². The zero-order valence-corrected chi connectivity index (χ0v) is 24.5. The second-order valence-corrected chi connectivity index (χ2v) is 11.8. The van der Waals surface area contributed by atoms with Crippen LogP contribution in [0.15, 0.2) is 120 Å². The van der Waals surface area contributed by atoms with Gasteiger partial charge in [-0.2, -0.15) is 0 Å². The van der Waals surface area contributed by atoms with Crippen molar-refractivity contribution < 1.29 is 0 Å². The number of hydrogen-bond acceptors (Lipinski definition) is 3. The highest BCUT2D eigenvalue weighted by atomic mass is 15.0. The summed E-state index contributed by atoms with van der Waals surface area (Å²) < 4.78 is 2.39. The SMILES string of the molecule is C=C(CC(C)C)C1=CCC(c2cn([C@@H](c3ccccc3)c3ccccn3)c3cc(C4=C(C)CN=C4C)cnc23)C=C1. The van der Waals surface area contributed by atoms with E-state index in [1.165, 1.54) is 33.4 Å². The Hall–Kier alpha value is -4.31. The molecular weight excluding hydrogens is 500 g/mol. The number of nitrogens with zero attached hydrogens (tertiary/aromatic N) is 4. The molecule has 41 heavy (non-hydrogen) atoms. The van der Waals surface area contributed by atoms with Gasteiger partial charge in [0.1, 0.15) is 6.04 Å². The van der Waals surface area contributed by atoms with E-state index in [9.17, 15) is 0 Å². The maximum Gasteiger partial charge on any atom is 0.101 e. The van der Waals surface area contributed by atoms with Crippen LogP contribution < -0.4 is 0 Å². The Balaban J connectivity index is 1.51. The maximum absolute atomic E-state index is 5.15. The van der Waals surface area contributed by atoms with Crippen molar-refractivity contribution in [2.24, 2.45) is 10.9 Å². The van der Waals surface area contributed by atoms with Crippen LogP contribution in [0.1, 0.15) is 74.9 Å². The summed E-state index contributed by atoms with van der Waals surface area (Å²) in [7, 11) is 0. The third kappa shape index (κ3) is 5.27. The number of aliphatic imine (C=N–C) groups is 1. The van der Waals surface area contributed by atoms with Gasteiger partial charge in [0.2, 0.25) is 0 Å². The van der Waals surface area contributed by atoms with E-state index in [1.807, 2.05) is 18.5 Å². The molecule has 0 radical (unpaired) electrons. The highest BCUT2D eigenvalue weighted by Crippen LogP contribution is 2.39.